The molecular weight excluding hydrogens is 224 g/mol. The lowest BCUT2D eigenvalue weighted by Gasteiger charge is -2.11. The molecule has 2 nitrogen and oxygen atoms in total. The van der Waals surface area contributed by atoms with Gasteiger partial charge in [-0.2, -0.15) is 0 Å². The SMILES string of the molecule is Cc1ccc(C(N)c2cc(F)c(C)cc2F)o1. The number of halogens is 2. The summed E-state index contributed by atoms with van der Waals surface area (Å²) < 4.78 is 32.4. The fraction of sp³-hybridized carbons (Fsp3) is 0.231. The van der Waals surface area contributed by atoms with Crippen molar-refractivity contribution in [3.8, 4) is 0 Å². The second-order valence-electron chi connectivity index (χ2n) is 4.05. The Labute approximate surface area is 98.0 Å². The summed E-state index contributed by atoms with van der Waals surface area (Å²) in [5, 5.41) is 0. The zero-order valence-corrected chi connectivity index (χ0v) is 9.63. The van der Waals surface area contributed by atoms with Gasteiger partial charge in [0.15, 0.2) is 0 Å². The zero-order valence-electron chi connectivity index (χ0n) is 9.63. The first kappa shape index (κ1) is 11.8. The van der Waals surface area contributed by atoms with Crippen LogP contribution >= 0.6 is 0 Å². The average Bonchev–Trinajstić information content (AvgIpc) is 2.69. The Hall–Kier alpha value is -1.68. The molecule has 2 N–H and O–H groups in total. The maximum Gasteiger partial charge on any atom is 0.128 e. The molecule has 4 heteroatoms. The van der Waals surface area contributed by atoms with Crippen molar-refractivity contribution in [1.29, 1.82) is 0 Å². The lowest BCUT2D eigenvalue weighted by atomic mass is 10.0. The summed E-state index contributed by atoms with van der Waals surface area (Å²) in [6.07, 6.45) is 0. The molecule has 0 bridgehead atoms. The maximum atomic E-state index is 13.7. The lowest BCUT2D eigenvalue weighted by Crippen LogP contribution is -2.13. The molecule has 1 aromatic carbocycles. The van der Waals surface area contributed by atoms with Crippen molar-refractivity contribution in [2.45, 2.75) is 19.9 Å². The molecule has 1 atom stereocenters. The van der Waals surface area contributed by atoms with Crippen LogP contribution in [0.25, 0.3) is 0 Å². The van der Waals surface area contributed by atoms with Crippen LogP contribution in [-0.4, -0.2) is 0 Å². The molecule has 1 aromatic heterocycles. The van der Waals surface area contributed by atoms with Gasteiger partial charge in [-0.3, -0.25) is 0 Å². The summed E-state index contributed by atoms with van der Waals surface area (Å²) in [6.45, 7) is 3.27. The second kappa shape index (κ2) is 4.30. The van der Waals surface area contributed by atoms with E-state index in [1.807, 2.05) is 0 Å². The molecule has 0 saturated carbocycles. The van der Waals surface area contributed by atoms with Crippen molar-refractivity contribution >= 4 is 0 Å². The third kappa shape index (κ3) is 2.22. The third-order valence-corrected chi connectivity index (χ3v) is 2.68. The van der Waals surface area contributed by atoms with Gasteiger partial charge in [0.1, 0.15) is 23.2 Å². The van der Waals surface area contributed by atoms with Gasteiger partial charge in [-0.25, -0.2) is 8.78 Å². The quantitative estimate of drug-likeness (QED) is 0.871. The molecule has 2 rings (SSSR count). The van der Waals surface area contributed by atoms with Gasteiger partial charge in [0.2, 0.25) is 0 Å². The summed E-state index contributed by atoms with van der Waals surface area (Å²) in [6, 6.07) is 4.86. The number of hydrogen-bond donors (Lipinski definition) is 1. The van der Waals surface area contributed by atoms with Gasteiger partial charge in [0.05, 0.1) is 6.04 Å². The molecule has 0 aliphatic heterocycles. The predicted octanol–water partition coefficient (Wildman–Crippen LogP) is 3.22. The van der Waals surface area contributed by atoms with Crippen molar-refractivity contribution in [3.05, 3.63) is 58.5 Å². The predicted molar refractivity (Wildman–Crippen MR) is 60.6 cm³/mol. The van der Waals surface area contributed by atoms with Crippen LogP contribution in [0, 0.1) is 25.5 Å². The van der Waals surface area contributed by atoms with E-state index in [0.717, 1.165) is 12.1 Å². The Morgan fingerprint density at radius 1 is 1.12 bits per heavy atom. The van der Waals surface area contributed by atoms with Crippen LogP contribution in [0.3, 0.4) is 0 Å². The molecule has 2 aromatic rings. The summed E-state index contributed by atoms with van der Waals surface area (Å²) in [5.74, 6) is 0.110. The van der Waals surface area contributed by atoms with Crippen LogP contribution in [-0.2, 0) is 0 Å². The molecule has 90 valence electrons. The van der Waals surface area contributed by atoms with Crippen LogP contribution < -0.4 is 5.73 Å². The average molecular weight is 237 g/mol. The van der Waals surface area contributed by atoms with Gasteiger partial charge in [0, 0.05) is 5.56 Å². The highest BCUT2D eigenvalue weighted by Crippen LogP contribution is 2.25. The van der Waals surface area contributed by atoms with Crippen molar-refractivity contribution in [1.82, 2.24) is 0 Å². The molecule has 1 heterocycles. The van der Waals surface area contributed by atoms with Gasteiger partial charge in [0.25, 0.3) is 0 Å². The van der Waals surface area contributed by atoms with Crippen molar-refractivity contribution in [2.24, 2.45) is 5.73 Å². The summed E-state index contributed by atoms with van der Waals surface area (Å²) in [7, 11) is 0. The van der Waals surface area contributed by atoms with E-state index in [1.165, 1.54) is 6.92 Å². The Bertz CT molecular complexity index is 548. The highest BCUT2D eigenvalue weighted by molar-refractivity contribution is 5.31. The number of furan rings is 1. The van der Waals surface area contributed by atoms with Gasteiger partial charge in [-0.1, -0.05) is 0 Å². The molecule has 0 aliphatic carbocycles. The highest BCUT2D eigenvalue weighted by Gasteiger charge is 2.18. The molecule has 1 unspecified atom stereocenters. The fourth-order valence-corrected chi connectivity index (χ4v) is 1.67. The molecule has 0 spiro atoms. The Balaban J connectivity index is 2.43. The maximum absolute atomic E-state index is 13.7. The van der Waals surface area contributed by atoms with E-state index in [1.54, 1.807) is 19.1 Å². The van der Waals surface area contributed by atoms with E-state index in [9.17, 15) is 8.78 Å². The van der Waals surface area contributed by atoms with Crippen LogP contribution in [0.5, 0.6) is 0 Å². The first-order valence-corrected chi connectivity index (χ1v) is 5.26. The number of hydrogen-bond acceptors (Lipinski definition) is 2. The zero-order chi connectivity index (χ0) is 12.6. The summed E-state index contributed by atoms with van der Waals surface area (Å²) in [5.41, 5.74) is 6.21. The lowest BCUT2D eigenvalue weighted by molar-refractivity contribution is 0.457. The van der Waals surface area contributed by atoms with E-state index in [4.69, 9.17) is 10.2 Å². The number of aryl methyl sites for hydroxylation is 2. The molecule has 0 radical (unpaired) electrons. The Morgan fingerprint density at radius 3 is 2.41 bits per heavy atom. The van der Waals surface area contributed by atoms with E-state index in [0.29, 0.717) is 11.5 Å². The molecule has 0 amide bonds. The highest BCUT2D eigenvalue weighted by atomic mass is 19.1. The van der Waals surface area contributed by atoms with Crippen LogP contribution in [0.15, 0.2) is 28.7 Å². The summed E-state index contributed by atoms with van der Waals surface area (Å²) >= 11 is 0. The fourth-order valence-electron chi connectivity index (χ4n) is 1.67. The Kier molecular flexibility index (Phi) is 2.98. The first-order valence-electron chi connectivity index (χ1n) is 5.26. The standard InChI is InChI=1S/C13H13F2NO/c1-7-5-11(15)9(6-10(7)14)13(16)12-4-3-8(2)17-12/h3-6,13H,16H2,1-2H3. The summed E-state index contributed by atoms with van der Waals surface area (Å²) in [4.78, 5) is 0. The number of benzene rings is 1. The van der Waals surface area contributed by atoms with E-state index in [2.05, 4.69) is 0 Å². The van der Waals surface area contributed by atoms with E-state index < -0.39 is 17.7 Å². The normalized spacial score (nSPS) is 12.8. The minimum atomic E-state index is -0.793. The molecule has 0 fully saturated rings. The van der Waals surface area contributed by atoms with Crippen molar-refractivity contribution < 1.29 is 13.2 Å². The molecule has 0 saturated heterocycles. The molecule has 0 aliphatic rings. The van der Waals surface area contributed by atoms with Crippen molar-refractivity contribution in [2.75, 3.05) is 0 Å². The van der Waals surface area contributed by atoms with Gasteiger partial charge < -0.3 is 10.2 Å². The number of rotatable bonds is 2. The van der Waals surface area contributed by atoms with Gasteiger partial charge in [-0.05, 0) is 43.7 Å². The van der Waals surface area contributed by atoms with Crippen LogP contribution in [0.2, 0.25) is 0 Å². The smallest absolute Gasteiger partial charge is 0.128 e. The van der Waals surface area contributed by atoms with Gasteiger partial charge in [-0.15, -0.1) is 0 Å². The van der Waals surface area contributed by atoms with E-state index >= 15 is 0 Å². The largest absolute Gasteiger partial charge is 0.464 e. The minimum Gasteiger partial charge on any atom is -0.464 e. The van der Waals surface area contributed by atoms with Gasteiger partial charge >= 0.3 is 0 Å². The molecule has 17 heavy (non-hydrogen) atoms. The van der Waals surface area contributed by atoms with Crippen LogP contribution in [0.1, 0.15) is 28.7 Å². The van der Waals surface area contributed by atoms with E-state index in [-0.39, 0.29) is 11.1 Å². The topological polar surface area (TPSA) is 39.2 Å². The first-order chi connectivity index (χ1) is 7.99. The minimum absolute atomic E-state index is 0.0995. The van der Waals surface area contributed by atoms with Crippen LogP contribution in [0.4, 0.5) is 8.78 Å². The monoisotopic (exact) mass is 237 g/mol. The Morgan fingerprint density at radius 2 is 1.82 bits per heavy atom. The number of nitrogens with two attached hydrogens (primary N) is 1. The second-order valence-corrected chi connectivity index (χ2v) is 4.05. The van der Waals surface area contributed by atoms with Crippen molar-refractivity contribution in [3.63, 3.8) is 0 Å². The third-order valence-electron chi connectivity index (χ3n) is 2.68. The molecular formula is C13H13F2NO.